The van der Waals surface area contributed by atoms with Crippen molar-refractivity contribution in [3.63, 3.8) is 0 Å². The SMILES string of the molecule is CN(CCC1CN(c2cnc3c(c2)NC(=O)CO3)C(=O)O1)C1Cc2ccnc(Cl)c2C1.Cl. The summed E-state index contributed by atoms with van der Waals surface area (Å²) in [7, 11) is 2.09. The van der Waals surface area contributed by atoms with Crippen LogP contribution < -0.4 is 15.0 Å². The lowest BCUT2D eigenvalue weighted by Gasteiger charge is -2.25. The van der Waals surface area contributed by atoms with Gasteiger partial charge in [-0.1, -0.05) is 11.6 Å². The van der Waals surface area contributed by atoms with Gasteiger partial charge >= 0.3 is 6.09 Å². The maximum absolute atomic E-state index is 12.4. The van der Waals surface area contributed by atoms with Crippen molar-refractivity contribution in [3.8, 4) is 5.88 Å². The molecule has 5 rings (SSSR count). The molecule has 1 aliphatic carbocycles. The van der Waals surface area contributed by atoms with E-state index < -0.39 is 6.09 Å². The van der Waals surface area contributed by atoms with Crippen LogP contribution in [0.3, 0.4) is 0 Å². The Labute approximate surface area is 196 Å². The van der Waals surface area contributed by atoms with Crippen LogP contribution in [0.5, 0.6) is 5.88 Å². The largest absolute Gasteiger partial charge is 0.466 e. The van der Waals surface area contributed by atoms with Gasteiger partial charge in [0.2, 0.25) is 5.88 Å². The van der Waals surface area contributed by atoms with Crippen LogP contribution in [0.15, 0.2) is 24.5 Å². The molecule has 0 aromatic carbocycles. The number of ether oxygens (including phenoxy) is 2. The molecule has 2 unspecified atom stereocenters. The molecular weight excluding hydrogens is 457 g/mol. The molecule has 1 fully saturated rings. The van der Waals surface area contributed by atoms with E-state index in [1.54, 1.807) is 18.5 Å². The fourth-order valence-corrected chi connectivity index (χ4v) is 4.56. The summed E-state index contributed by atoms with van der Waals surface area (Å²) in [6.07, 6.45) is 5.22. The Hall–Kier alpha value is -2.62. The second-order valence-electron chi connectivity index (χ2n) is 8.07. The van der Waals surface area contributed by atoms with Gasteiger partial charge in [-0.3, -0.25) is 9.69 Å². The highest BCUT2D eigenvalue weighted by atomic mass is 35.5. The fraction of sp³-hybridized carbons (Fsp3) is 0.429. The number of hydrogen-bond acceptors (Lipinski definition) is 7. The van der Waals surface area contributed by atoms with Gasteiger partial charge in [-0.05, 0) is 49.6 Å². The Morgan fingerprint density at radius 2 is 2.16 bits per heavy atom. The van der Waals surface area contributed by atoms with Gasteiger partial charge in [0, 0.05) is 18.8 Å². The number of anilines is 2. The molecule has 1 saturated heterocycles. The second-order valence-corrected chi connectivity index (χ2v) is 8.43. The van der Waals surface area contributed by atoms with E-state index in [0.29, 0.717) is 35.0 Å². The smallest absolute Gasteiger partial charge is 0.414 e. The zero-order valence-electron chi connectivity index (χ0n) is 17.4. The minimum Gasteiger partial charge on any atom is -0.466 e. The summed E-state index contributed by atoms with van der Waals surface area (Å²) < 4.78 is 10.8. The molecule has 0 bridgehead atoms. The lowest BCUT2D eigenvalue weighted by molar-refractivity contribution is -0.118. The highest BCUT2D eigenvalue weighted by molar-refractivity contribution is 6.30. The Balaban J connectivity index is 0.00000245. The fourth-order valence-electron chi connectivity index (χ4n) is 4.31. The molecule has 2 amide bonds. The molecule has 0 saturated carbocycles. The number of likely N-dealkylation sites (N-methyl/N-ethyl adjacent to an activating group) is 1. The maximum Gasteiger partial charge on any atom is 0.414 e. The topological polar surface area (TPSA) is 96.9 Å². The number of nitrogens with zero attached hydrogens (tertiary/aromatic N) is 4. The summed E-state index contributed by atoms with van der Waals surface area (Å²) in [6.45, 7) is 1.17. The zero-order valence-corrected chi connectivity index (χ0v) is 19.0. The number of pyridine rings is 2. The monoisotopic (exact) mass is 479 g/mol. The van der Waals surface area contributed by atoms with Crippen molar-refractivity contribution in [2.75, 3.05) is 37.0 Å². The predicted octanol–water partition coefficient (Wildman–Crippen LogP) is 2.70. The Morgan fingerprint density at radius 1 is 1.31 bits per heavy atom. The van der Waals surface area contributed by atoms with E-state index in [1.807, 2.05) is 6.07 Å². The number of amides is 2. The average Bonchev–Trinajstić information content (AvgIpc) is 3.36. The van der Waals surface area contributed by atoms with E-state index in [9.17, 15) is 9.59 Å². The zero-order chi connectivity index (χ0) is 21.5. The predicted molar refractivity (Wildman–Crippen MR) is 121 cm³/mol. The minimum atomic E-state index is -0.413. The molecule has 1 N–H and O–H groups in total. The molecule has 3 aliphatic rings. The van der Waals surface area contributed by atoms with Crippen molar-refractivity contribution in [3.05, 3.63) is 40.8 Å². The molecule has 9 nitrogen and oxygen atoms in total. The summed E-state index contributed by atoms with van der Waals surface area (Å²) in [5.74, 6) is 0.101. The molecule has 2 atom stereocenters. The third-order valence-electron chi connectivity index (χ3n) is 6.06. The van der Waals surface area contributed by atoms with Gasteiger partial charge < -0.3 is 19.7 Å². The van der Waals surface area contributed by atoms with Crippen molar-refractivity contribution < 1.29 is 19.1 Å². The van der Waals surface area contributed by atoms with Crippen molar-refractivity contribution in [2.45, 2.75) is 31.4 Å². The van der Waals surface area contributed by atoms with Crippen molar-refractivity contribution in [1.29, 1.82) is 0 Å². The number of halogens is 2. The molecule has 11 heteroatoms. The number of rotatable bonds is 5. The molecule has 2 aromatic heterocycles. The number of hydrogen-bond donors (Lipinski definition) is 1. The lowest BCUT2D eigenvalue weighted by atomic mass is 10.1. The van der Waals surface area contributed by atoms with Gasteiger partial charge in [-0.15, -0.1) is 12.4 Å². The van der Waals surface area contributed by atoms with Crippen LogP contribution in [-0.4, -0.2) is 65.8 Å². The van der Waals surface area contributed by atoms with Gasteiger partial charge in [0.05, 0.1) is 18.4 Å². The van der Waals surface area contributed by atoms with Gasteiger partial charge in [0.1, 0.15) is 16.9 Å². The number of carbonyl (C=O) groups excluding carboxylic acids is 2. The summed E-state index contributed by atoms with van der Waals surface area (Å²) in [6, 6.07) is 4.08. The Morgan fingerprint density at radius 3 is 2.97 bits per heavy atom. The van der Waals surface area contributed by atoms with Crippen molar-refractivity contribution in [1.82, 2.24) is 14.9 Å². The van der Waals surface area contributed by atoms with Crippen LogP contribution in [0.4, 0.5) is 16.2 Å². The summed E-state index contributed by atoms with van der Waals surface area (Å²) in [5, 5.41) is 3.30. The average molecular weight is 480 g/mol. The molecule has 0 radical (unpaired) electrons. The molecule has 2 aliphatic heterocycles. The molecule has 170 valence electrons. The maximum atomic E-state index is 12.4. The molecule has 0 spiro atoms. The minimum absolute atomic E-state index is 0. The third-order valence-corrected chi connectivity index (χ3v) is 6.38. The van der Waals surface area contributed by atoms with E-state index in [1.165, 1.54) is 10.5 Å². The number of cyclic esters (lactones) is 1. The van der Waals surface area contributed by atoms with Gasteiger partial charge in [-0.2, -0.15) is 0 Å². The molecular formula is C21H23Cl2N5O4. The first-order chi connectivity index (χ1) is 15.0. The van der Waals surface area contributed by atoms with Crippen LogP contribution in [0.2, 0.25) is 5.15 Å². The quantitative estimate of drug-likeness (QED) is 0.658. The van der Waals surface area contributed by atoms with Crippen LogP contribution in [0, 0.1) is 0 Å². The van der Waals surface area contributed by atoms with Crippen molar-refractivity contribution in [2.24, 2.45) is 0 Å². The lowest BCUT2D eigenvalue weighted by Crippen LogP contribution is -2.35. The van der Waals surface area contributed by atoms with E-state index in [2.05, 4.69) is 27.2 Å². The standard InChI is InChI=1S/C21H22ClN5O4.ClH/c1-26(13-6-12-2-4-23-19(22)16(12)7-13)5-3-15-10-27(21(29)31-15)14-8-17-20(24-9-14)30-11-18(28)25-17;/h2,4,8-9,13,15H,3,5-7,10-11H2,1H3,(H,25,28);1H. The number of carbonyl (C=O) groups is 2. The van der Waals surface area contributed by atoms with Crippen molar-refractivity contribution >= 4 is 47.4 Å². The van der Waals surface area contributed by atoms with E-state index in [-0.39, 0.29) is 31.0 Å². The summed E-state index contributed by atoms with van der Waals surface area (Å²) in [4.78, 5) is 36.2. The van der Waals surface area contributed by atoms with E-state index in [4.69, 9.17) is 21.1 Å². The van der Waals surface area contributed by atoms with E-state index >= 15 is 0 Å². The number of nitrogens with one attached hydrogen (secondary N) is 1. The first kappa shape index (κ1) is 22.6. The van der Waals surface area contributed by atoms with Gasteiger partial charge in [-0.25, -0.2) is 14.8 Å². The van der Waals surface area contributed by atoms with E-state index in [0.717, 1.165) is 31.4 Å². The molecule has 2 aromatic rings. The molecule has 32 heavy (non-hydrogen) atoms. The van der Waals surface area contributed by atoms with Gasteiger partial charge in [0.15, 0.2) is 6.61 Å². The molecule has 4 heterocycles. The van der Waals surface area contributed by atoms with Crippen LogP contribution >= 0.6 is 24.0 Å². The van der Waals surface area contributed by atoms with Gasteiger partial charge in [0.25, 0.3) is 5.91 Å². The normalized spacial score (nSPS) is 21.4. The third kappa shape index (κ3) is 4.32. The highest BCUT2D eigenvalue weighted by Gasteiger charge is 2.34. The first-order valence-electron chi connectivity index (χ1n) is 10.2. The van der Waals surface area contributed by atoms with Crippen LogP contribution in [0.25, 0.3) is 0 Å². The Kier molecular flexibility index (Phi) is 6.41. The first-order valence-corrected chi connectivity index (χ1v) is 10.6. The van der Waals surface area contributed by atoms with Crippen LogP contribution in [0.1, 0.15) is 17.5 Å². The summed E-state index contributed by atoms with van der Waals surface area (Å²) in [5.41, 5.74) is 3.42. The van der Waals surface area contributed by atoms with Crippen LogP contribution in [-0.2, 0) is 22.4 Å². The second kappa shape index (κ2) is 9.09. The highest BCUT2D eigenvalue weighted by Crippen LogP contribution is 2.32. The number of fused-ring (bicyclic) bond motifs is 2. The number of aromatic nitrogens is 2. The Bertz CT molecular complexity index is 1050. The summed E-state index contributed by atoms with van der Waals surface area (Å²) >= 11 is 6.23.